The lowest BCUT2D eigenvalue weighted by atomic mass is 10.2. The summed E-state index contributed by atoms with van der Waals surface area (Å²) in [7, 11) is 1.68. The highest BCUT2D eigenvalue weighted by Crippen LogP contribution is 2.03. The molecule has 0 saturated carbocycles. The maximum atomic E-state index is 10.5. The molecule has 11 heavy (non-hydrogen) atoms. The lowest BCUT2D eigenvalue weighted by molar-refractivity contribution is -0.139. The fourth-order valence-corrected chi connectivity index (χ4v) is 1.43. The van der Waals surface area contributed by atoms with Gasteiger partial charge < -0.3 is 10.4 Å². The number of carboxylic acids is 1. The second kappa shape index (κ2) is 6.49. The minimum atomic E-state index is -0.760. The van der Waals surface area contributed by atoms with Crippen LogP contribution in [0.5, 0.6) is 0 Å². The maximum Gasteiger partial charge on any atom is 0.320 e. The molecule has 0 rings (SSSR count). The number of hydrogen-bond donors (Lipinski definition) is 2. The molecule has 0 saturated heterocycles. The molecule has 0 aromatic rings. The van der Waals surface area contributed by atoms with Crippen LogP contribution in [-0.2, 0) is 4.79 Å². The molecule has 0 fully saturated rings. The molecular weight excluding hydrogens is 162 g/mol. The molecule has 0 amide bonds. The van der Waals surface area contributed by atoms with Gasteiger partial charge in [-0.25, -0.2) is 0 Å². The minimum Gasteiger partial charge on any atom is -0.480 e. The first kappa shape index (κ1) is 10.8. The van der Waals surface area contributed by atoms with Crippen molar-refractivity contribution in [3.05, 3.63) is 0 Å². The van der Waals surface area contributed by atoms with Crippen LogP contribution < -0.4 is 5.32 Å². The van der Waals surface area contributed by atoms with Crippen LogP contribution >= 0.6 is 11.8 Å². The number of aliphatic carboxylic acids is 1. The lowest BCUT2D eigenvalue weighted by Gasteiger charge is -2.09. The molecular formula is C7H15NO2S. The van der Waals surface area contributed by atoms with Crippen molar-refractivity contribution >= 4 is 17.7 Å². The highest BCUT2D eigenvalue weighted by molar-refractivity contribution is 7.99. The van der Waals surface area contributed by atoms with E-state index in [9.17, 15) is 4.79 Å². The average molecular weight is 177 g/mol. The van der Waals surface area contributed by atoms with E-state index in [0.717, 1.165) is 11.5 Å². The lowest BCUT2D eigenvalue weighted by Crippen LogP contribution is -2.34. The van der Waals surface area contributed by atoms with Crippen LogP contribution in [0.4, 0.5) is 0 Å². The van der Waals surface area contributed by atoms with Crippen LogP contribution in [-0.4, -0.2) is 35.7 Å². The van der Waals surface area contributed by atoms with Crippen molar-refractivity contribution in [3.63, 3.8) is 0 Å². The van der Waals surface area contributed by atoms with Crippen molar-refractivity contribution in [1.82, 2.24) is 5.32 Å². The molecule has 66 valence electrons. The zero-order valence-electron chi connectivity index (χ0n) is 6.96. The third kappa shape index (κ3) is 5.09. The van der Waals surface area contributed by atoms with Gasteiger partial charge in [-0.1, -0.05) is 6.92 Å². The fraction of sp³-hybridized carbons (Fsp3) is 0.857. The van der Waals surface area contributed by atoms with Gasteiger partial charge in [0.1, 0.15) is 6.04 Å². The van der Waals surface area contributed by atoms with Crippen LogP contribution in [0.3, 0.4) is 0 Å². The van der Waals surface area contributed by atoms with Crippen LogP contribution in [0, 0.1) is 0 Å². The Morgan fingerprint density at radius 2 is 2.36 bits per heavy atom. The number of carboxylic acid groups (broad SMARTS) is 1. The Hall–Kier alpha value is -0.220. The number of rotatable bonds is 6. The summed E-state index contributed by atoms with van der Waals surface area (Å²) in [6, 6.07) is -0.381. The molecule has 0 aromatic carbocycles. The smallest absolute Gasteiger partial charge is 0.320 e. The van der Waals surface area contributed by atoms with Gasteiger partial charge >= 0.3 is 5.97 Å². The van der Waals surface area contributed by atoms with Crippen molar-refractivity contribution in [2.75, 3.05) is 18.6 Å². The van der Waals surface area contributed by atoms with Gasteiger partial charge in [0.2, 0.25) is 0 Å². The standard InChI is InChI=1S/C7H15NO2S/c1-3-11-5-4-6(8-2)7(9)10/h6,8H,3-5H2,1-2H3,(H,9,10). The minimum absolute atomic E-state index is 0.381. The first-order valence-electron chi connectivity index (χ1n) is 3.70. The van der Waals surface area contributed by atoms with Crippen LogP contribution in [0.2, 0.25) is 0 Å². The Labute approximate surface area is 71.6 Å². The van der Waals surface area contributed by atoms with E-state index in [-0.39, 0.29) is 6.04 Å². The van der Waals surface area contributed by atoms with Gasteiger partial charge in [0.25, 0.3) is 0 Å². The van der Waals surface area contributed by atoms with Crippen LogP contribution in [0.15, 0.2) is 0 Å². The van der Waals surface area contributed by atoms with Crippen molar-refractivity contribution in [2.24, 2.45) is 0 Å². The summed E-state index contributed by atoms with van der Waals surface area (Å²) < 4.78 is 0. The first-order valence-corrected chi connectivity index (χ1v) is 4.85. The highest BCUT2D eigenvalue weighted by atomic mass is 32.2. The number of nitrogens with one attached hydrogen (secondary N) is 1. The zero-order valence-corrected chi connectivity index (χ0v) is 7.78. The van der Waals surface area contributed by atoms with Gasteiger partial charge in [-0.2, -0.15) is 11.8 Å². The Balaban J connectivity index is 3.44. The molecule has 0 heterocycles. The van der Waals surface area contributed by atoms with E-state index in [1.165, 1.54) is 0 Å². The fourth-order valence-electron chi connectivity index (χ4n) is 0.737. The van der Waals surface area contributed by atoms with E-state index in [0.29, 0.717) is 6.42 Å². The Morgan fingerprint density at radius 1 is 1.73 bits per heavy atom. The predicted molar refractivity (Wildman–Crippen MR) is 48.1 cm³/mol. The summed E-state index contributed by atoms with van der Waals surface area (Å²) in [4.78, 5) is 10.5. The number of thioether (sulfide) groups is 1. The predicted octanol–water partition coefficient (Wildman–Crippen LogP) is 0.802. The monoisotopic (exact) mass is 177 g/mol. The largest absolute Gasteiger partial charge is 0.480 e. The van der Waals surface area contributed by atoms with Crippen molar-refractivity contribution in [2.45, 2.75) is 19.4 Å². The van der Waals surface area contributed by atoms with E-state index >= 15 is 0 Å². The molecule has 1 atom stereocenters. The van der Waals surface area contributed by atoms with Gasteiger partial charge in [0, 0.05) is 0 Å². The van der Waals surface area contributed by atoms with Gasteiger partial charge in [-0.15, -0.1) is 0 Å². The zero-order chi connectivity index (χ0) is 8.69. The Kier molecular flexibility index (Phi) is 6.36. The SMILES string of the molecule is CCSCCC(NC)C(=O)O. The second-order valence-corrected chi connectivity index (χ2v) is 3.56. The van der Waals surface area contributed by atoms with Crippen LogP contribution in [0.25, 0.3) is 0 Å². The van der Waals surface area contributed by atoms with Gasteiger partial charge in [0.15, 0.2) is 0 Å². The quantitative estimate of drug-likeness (QED) is 0.589. The molecule has 0 aliphatic carbocycles. The Bertz CT molecular complexity index is 119. The molecule has 1 unspecified atom stereocenters. The van der Waals surface area contributed by atoms with E-state index in [1.54, 1.807) is 18.8 Å². The van der Waals surface area contributed by atoms with E-state index in [2.05, 4.69) is 12.2 Å². The summed E-state index contributed by atoms with van der Waals surface area (Å²) >= 11 is 1.77. The number of hydrogen-bond acceptors (Lipinski definition) is 3. The van der Waals surface area contributed by atoms with Crippen LogP contribution in [0.1, 0.15) is 13.3 Å². The molecule has 0 aliphatic heterocycles. The summed E-state index contributed by atoms with van der Waals surface area (Å²) in [5, 5.41) is 11.3. The van der Waals surface area contributed by atoms with E-state index < -0.39 is 5.97 Å². The molecule has 2 N–H and O–H groups in total. The van der Waals surface area contributed by atoms with Crippen molar-refractivity contribution in [3.8, 4) is 0 Å². The Morgan fingerprint density at radius 3 is 2.73 bits per heavy atom. The normalized spacial score (nSPS) is 12.9. The number of carbonyl (C=O) groups is 1. The van der Waals surface area contributed by atoms with Crippen molar-refractivity contribution in [1.29, 1.82) is 0 Å². The third-order valence-electron chi connectivity index (χ3n) is 1.40. The van der Waals surface area contributed by atoms with E-state index in [1.807, 2.05) is 0 Å². The van der Waals surface area contributed by atoms with Gasteiger partial charge in [0.05, 0.1) is 0 Å². The highest BCUT2D eigenvalue weighted by Gasteiger charge is 2.12. The average Bonchev–Trinajstić information content (AvgIpc) is 1.97. The van der Waals surface area contributed by atoms with Gasteiger partial charge in [-0.3, -0.25) is 4.79 Å². The first-order chi connectivity index (χ1) is 5.22. The summed E-state index contributed by atoms with van der Waals surface area (Å²) in [5.74, 6) is 1.20. The molecule has 4 heteroatoms. The topological polar surface area (TPSA) is 49.3 Å². The molecule has 0 bridgehead atoms. The summed E-state index contributed by atoms with van der Waals surface area (Å²) in [5.41, 5.74) is 0. The summed E-state index contributed by atoms with van der Waals surface area (Å²) in [6.45, 7) is 2.07. The molecule has 0 aliphatic rings. The van der Waals surface area contributed by atoms with E-state index in [4.69, 9.17) is 5.11 Å². The summed E-state index contributed by atoms with van der Waals surface area (Å²) in [6.07, 6.45) is 0.699. The molecule has 3 nitrogen and oxygen atoms in total. The maximum absolute atomic E-state index is 10.5. The van der Waals surface area contributed by atoms with Gasteiger partial charge in [-0.05, 0) is 25.0 Å². The number of likely N-dealkylation sites (N-methyl/N-ethyl adjacent to an activating group) is 1. The molecule has 0 spiro atoms. The third-order valence-corrected chi connectivity index (χ3v) is 2.33. The molecule has 0 aromatic heterocycles. The van der Waals surface area contributed by atoms with Crippen molar-refractivity contribution < 1.29 is 9.90 Å². The second-order valence-electron chi connectivity index (χ2n) is 2.17. The molecule has 0 radical (unpaired) electrons.